The lowest BCUT2D eigenvalue weighted by atomic mass is 9.92. The first kappa shape index (κ1) is 38.0. The van der Waals surface area contributed by atoms with Crippen molar-refractivity contribution in [3.63, 3.8) is 0 Å². The second kappa shape index (κ2) is 21.6. The fraction of sp³-hybridized carbons (Fsp3) is 0.794. The van der Waals surface area contributed by atoms with Crippen LogP contribution in [0.5, 0.6) is 0 Å². The van der Waals surface area contributed by atoms with Crippen molar-refractivity contribution in [2.24, 2.45) is 17.8 Å². The zero-order valence-electron chi connectivity index (χ0n) is 26.9. The average Bonchev–Trinajstić information content (AvgIpc) is 2.95. The maximum absolute atomic E-state index is 12.8. The van der Waals surface area contributed by atoms with Crippen LogP contribution >= 0.6 is 0 Å². The Labute approximate surface area is 254 Å². The summed E-state index contributed by atoms with van der Waals surface area (Å²) in [6, 6.07) is 0. The van der Waals surface area contributed by atoms with Crippen LogP contribution in [0.3, 0.4) is 0 Å². The summed E-state index contributed by atoms with van der Waals surface area (Å²) in [6.45, 7) is 9.83. The molecule has 8 heteroatoms. The fourth-order valence-corrected chi connectivity index (χ4v) is 5.40. The molecule has 0 aromatic heterocycles. The molecule has 0 aliphatic carbocycles. The molecular weight excluding hydrogens is 534 g/mol. The van der Waals surface area contributed by atoms with E-state index < -0.39 is 36.3 Å². The van der Waals surface area contributed by atoms with Crippen molar-refractivity contribution in [1.29, 1.82) is 0 Å². The molecule has 0 fully saturated rings. The van der Waals surface area contributed by atoms with Crippen LogP contribution in [-0.2, 0) is 19.1 Å². The Balaban J connectivity index is 2.88. The van der Waals surface area contributed by atoms with Gasteiger partial charge in [0.05, 0.1) is 24.2 Å². The molecule has 7 atom stereocenters. The van der Waals surface area contributed by atoms with E-state index >= 15 is 0 Å². The smallest absolute Gasteiger partial charge is 0.309 e. The van der Waals surface area contributed by atoms with E-state index in [1.54, 1.807) is 0 Å². The highest BCUT2D eigenvalue weighted by Crippen LogP contribution is 2.22. The Bertz CT molecular complexity index is 855. The van der Waals surface area contributed by atoms with E-state index in [2.05, 4.69) is 25.2 Å². The Kier molecular flexibility index (Phi) is 19.6. The van der Waals surface area contributed by atoms with Crippen LogP contribution in [0, 0.1) is 17.8 Å². The molecule has 42 heavy (non-hydrogen) atoms. The van der Waals surface area contributed by atoms with Crippen LogP contribution in [0.25, 0.3) is 0 Å². The molecule has 242 valence electrons. The number of hydrogen-bond acceptors (Lipinski definition) is 7. The highest BCUT2D eigenvalue weighted by Gasteiger charge is 2.27. The molecule has 1 rings (SSSR count). The van der Waals surface area contributed by atoms with Gasteiger partial charge in [0.25, 0.3) is 5.91 Å². The summed E-state index contributed by atoms with van der Waals surface area (Å²) in [4.78, 5) is 38.0. The molecule has 0 aromatic rings. The lowest BCUT2D eigenvalue weighted by Crippen LogP contribution is -2.43. The highest BCUT2D eigenvalue weighted by atomic mass is 16.5. The Morgan fingerprint density at radius 1 is 0.905 bits per heavy atom. The highest BCUT2D eigenvalue weighted by molar-refractivity contribution is 5.84. The second-order valence-corrected chi connectivity index (χ2v) is 12.5. The van der Waals surface area contributed by atoms with Crippen LogP contribution in [0.2, 0.25) is 0 Å². The number of carbonyl (C=O) groups is 3. The van der Waals surface area contributed by atoms with E-state index in [1.165, 1.54) is 0 Å². The molecule has 0 saturated heterocycles. The molecule has 1 amide bonds. The van der Waals surface area contributed by atoms with Crippen LogP contribution in [0.15, 0.2) is 23.8 Å². The Morgan fingerprint density at radius 2 is 1.62 bits per heavy atom. The minimum absolute atomic E-state index is 0.0854. The maximum Gasteiger partial charge on any atom is 0.309 e. The average molecular weight is 594 g/mol. The van der Waals surface area contributed by atoms with Crippen molar-refractivity contribution in [2.75, 3.05) is 6.54 Å². The third kappa shape index (κ3) is 16.6. The summed E-state index contributed by atoms with van der Waals surface area (Å²) in [5.74, 6) is -0.230. The Morgan fingerprint density at radius 3 is 2.31 bits per heavy atom. The summed E-state index contributed by atoms with van der Waals surface area (Å²) in [5, 5.41) is 33.8. The quantitative estimate of drug-likeness (QED) is 0.314. The van der Waals surface area contributed by atoms with Crippen molar-refractivity contribution in [3.05, 3.63) is 23.8 Å². The molecule has 0 aromatic carbocycles. The maximum atomic E-state index is 12.8. The third-order valence-corrected chi connectivity index (χ3v) is 8.29. The van der Waals surface area contributed by atoms with E-state index in [1.807, 2.05) is 32.9 Å². The number of ether oxygens (including phenoxy) is 1. The molecule has 1 aliphatic heterocycles. The number of aliphatic hydroxyl groups is 3. The number of nitrogens with one attached hydrogen (secondary N) is 1. The van der Waals surface area contributed by atoms with Crippen molar-refractivity contribution >= 4 is 17.7 Å². The first-order chi connectivity index (χ1) is 20.0. The first-order valence-corrected chi connectivity index (χ1v) is 16.3. The Hall–Kier alpha value is -2.03. The third-order valence-electron chi connectivity index (χ3n) is 8.29. The van der Waals surface area contributed by atoms with Gasteiger partial charge < -0.3 is 25.4 Å². The summed E-state index contributed by atoms with van der Waals surface area (Å²) in [6.07, 6.45) is 11.4. The van der Waals surface area contributed by atoms with E-state index in [0.29, 0.717) is 62.6 Å². The van der Waals surface area contributed by atoms with Gasteiger partial charge in [0, 0.05) is 25.8 Å². The first-order valence-electron chi connectivity index (χ1n) is 16.3. The topological polar surface area (TPSA) is 133 Å². The molecule has 0 spiro atoms. The van der Waals surface area contributed by atoms with Crippen LogP contribution in [-0.4, -0.2) is 63.9 Å². The number of amides is 1. The summed E-state index contributed by atoms with van der Waals surface area (Å²) < 4.78 is 5.58. The number of Topliss-reactive ketones (excluding diaryl/α,β-unsaturated/α-hetero) is 1. The van der Waals surface area contributed by atoms with Gasteiger partial charge in [-0.05, 0) is 70.1 Å². The molecule has 1 heterocycles. The predicted octanol–water partition coefficient (Wildman–Crippen LogP) is 5.57. The summed E-state index contributed by atoms with van der Waals surface area (Å²) in [7, 11) is 0. The number of aliphatic hydroxyl groups excluding tert-OH is 3. The minimum Gasteiger partial charge on any atom is -0.452 e. The number of allylic oxidation sites excluding steroid dienone is 4. The van der Waals surface area contributed by atoms with Gasteiger partial charge in [0.2, 0.25) is 0 Å². The second-order valence-electron chi connectivity index (χ2n) is 12.5. The molecule has 0 unspecified atom stereocenters. The number of rotatable bonds is 3. The van der Waals surface area contributed by atoms with Gasteiger partial charge in [-0.2, -0.15) is 0 Å². The van der Waals surface area contributed by atoms with Gasteiger partial charge in [-0.3, -0.25) is 14.4 Å². The summed E-state index contributed by atoms with van der Waals surface area (Å²) >= 11 is 0. The summed E-state index contributed by atoms with van der Waals surface area (Å²) in [5.41, 5.74) is 1.07. The van der Waals surface area contributed by atoms with Crippen LogP contribution < -0.4 is 5.32 Å². The molecular formula is C34H59NO7. The van der Waals surface area contributed by atoms with E-state index in [4.69, 9.17) is 4.74 Å². The SMILES string of the molecule is CCC[C@H]1OC(=O)[C@@H](C)C[C@@H](C)CCCCC(=O)CCC[C@@H](CC)/C=C\C=C(/C)CC[C@@H](O)[C@H](O)C[C@@H](O)CNC1=O. The monoisotopic (exact) mass is 593 g/mol. The number of esters is 1. The normalized spacial score (nSPS) is 33.8. The van der Waals surface area contributed by atoms with Crippen molar-refractivity contribution in [2.45, 2.75) is 149 Å². The number of carbonyl (C=O) groups excluding carboxylic acids is 3. The van der Waals surface area contributed by atoms with Crippen LogP contribution in [0.4, 0.5) is 0 Å². The number of cyclic esters (lactones) is 1. The molecule has 8 nitrogen and oxygen atoms in total. The lowest BCUT2D eigenvalue weighted by molar-refractivity contribution is -0.160. The largest absolute Gasteiger partial charge is 0.452 e. The number of β-amino-alcohol motifs (C(OH)–C–C–N with tert-alkyl or cyclic N) is 1. The molecule has 0 saturated carbocycles. The zero-order valence-corrected chi connectivity index (χ0v) is 26.9. The van der Waals surface area contributed by atoms with E-state index in [9.17, 15) is 29.7 Å². The standard InChI is InChI=1S/C34H59NO7/c1-6-12-32-33(40)35-23-29(37)22-31(39)30(38)20-19-24(3)14-10-15-27(7-2)16-11-18-28(36)17-9-8-13-25(4)21-26(5)34(41)42-32/h10,14-15,25-27,29-32,37-39H,6-9,11-13,16-23H2,1-5H3,(H,35,40)/b15-10-,24-14+/t25-,26-,27-,29+,30+,31+,32+/m0/s1. The number of ketones is 1. The van der Waals surface area contributed by atoms with Crippen molar-refractivity contribution < 1.29 is 34.4 Å². The van der Waals surface area contributed by atoms with Gasteiger partial charge >= 0.3 is 5.97 Å². The van der Waals surface area contributed by atoms with Gasteiger partial charge in [-0.15, -0.1) is 0 Å². The van der Waals surface area contributed by atoms with Crippen molar-refractivity contribution in [1.82, 2.24) is 5.32 Å². The molecule has 0 radical (unpaired) electrons. The minimum atomic E-state index is -1.13. The number of hydrogen-bond donors (Lipinski definition) is 4. The molecule has 4 N–H and O–H groups in total. The van der Waals surface area contributed by atoms with Crippen molar-refractivity contribution in [3.8, 4) is 0 Å². The molecule has 1 aliphatic rings. The lowest BCUT2D eigenvalue weighted by Gasteiger charge is -2.23. The van der Waals surface area contributed by atoms with E-state index in [0.717, 1.165) is 44.1 Å². The van der Waals surface area contributed by atoms with Gasteiger partial charge in [0.1, 0.15) is 5.78 Å². The van der Waals surface area contributed by atoms with Gasteiger partial charge in [0.15, 0.2) is 6.10 Å². The van der Waals surface area contributed by atoms with Crippen LogP contribution in [0.1, 0.15) is 125 Å². The molecule has 0 bridgehead atoms. The van der Waals surface area contributed by atoms with E-state index in [-0.39, 0.29) is 18.9 Å². The fourth-order valence-electron chi connectivity index (χ4n) is 5.40. The van der Waals surface area contributed by atoms with Gasteiger partial charge in [-0.1, -0.05) is 70.8 Å². The predicted molar refractivity (Wildman–Crippen MR) is 167 cm³/mol. The zero-order chi connectivity index (χ0) is 31.5. The van der Waals surface area contributed by atoms with Gasteiger partial charge in [-0.25, -0.2) is 0 Å².